The molecule has 0 aliphatic carbocycles. The lowest BCUT2D eigenvalue weighted by Crippen LogP contribution is -2.45. The smallest absolute Gasteiger partial charge is 0.211 e. The topological polar surface area (TPSA) is 83.6 Å². The number of hydrogen-bond acceptors (Lipinski definition) is 5. The Kier molecular flexibility index (Phi) is 7.09. The van der Waals surface area contributed by atoms with Gasteiger partial charge in [0, 0.05) is 18.8 Å². The van der Waals surface area contributed by atoms with Gasteiger partial charge in [0.2, 0.25) is 10.0 Å². The highest BCUT2D eigenvalue weighted by Gasteiger charge is 2.21. The number of nitrogens with zero attached hydrogens (tertiary/aromatic N) is 1. The molecule has 0 saturated carbocycles. The number of sulfone groups is 1. The van der Waals surface area contributed by atoms with Crippen LogP contribution in [0.25, 0.3) is 0 Å². The summed E-state index contributed by atoms with van der Waals surface area (Å²) in [5.41, 5.74) is 0. The van der Waals surface area contributed by atoms with Crippen LogP contribution in [0.3, 0.4) is 0 Å². The van der Waals surface area contributed by atoms with E-state index < -0.39 is 19.9 Å². The van der Waals surface area contributed by atoms with E-state index in [-0.39, 0.29) is 24.0 Å². The molecule has 1 aliphatic heterocycles. The highest BCUT2D eigenvalue weighted by Crippen LogP contribution is 2.17. The first-order valence-electron chi connectivity index (χ1n) is 7.48. The van der Waals surface area contributed by atoms with Crippen molar-refractivity contribution in [2.45, 2.75) is 39.2 Å². The van der Waals surface area contributed by atoms with Crippen molar-refractivity contribution in [2.75, 3.05) is 37.4 Å². The second-order valence-corrected chi connectivity index (χ2v) is 10.4. The summed E-state index contributed by atoms with van der Waals surface area (Å²) in [5, 5.41) is 0. The molecule has 0 spiro atoms. The highest BCUT2D eigenvalue weighted by molar-refractivity contribution is 7.91. The minimum Gasteiger partial charge on any atom is -0.299 e. The van der Waals surface area contributed by atoms with Gasteiger partial charge in [-0.25, -0.2) is 21.6 Å². The fourth-order valence-corrected chi connectivity index (χ4v) is 4.44. The number of likely N-dealkylation sites (tertiary alicyclic amines) is 1. The molecule has 1 unspecified atom stereocenters. The molecule has 1 atom stereocenters. The van der Waals surface area contributed by atoms with Crippen LogP contribution in [-0.4, -0.2) is 65.2 Å². The van der Waals surface area contributed by atoms with Gasteiger partial charge in [-0.05, 0) is 45.2 Å². The van der Waals surface area contributed by atoms with Crippen LogP contribution in [0.5, 0.6) is 0 Å². The van der Waals surface area contributed by atoms with Crippen molar-refractivity contribution in [3.63, 3.8) is 0 Å². The molecule has 0 radical (unpaired) electrons. The zero-order valence-electron chi connectivity index (χ0n) is 13.2. The maximum Gasteiger partial charge on any atom is 0.211 e. The molecule has 1 aliphatic rings. The largest absolute Gasteiger partial charge is 0.299 e. The Bertz CT molecular complexity index is 508. The van der Waals surface area contributed by atoms with E-state index in [1.54, 1.807) is 0 Å². The second-order valence-electron chi connectivity index (χ2n) is 6.22. The molecule has 1 heterocycles. The lowest BCUT2D eigenvalue weighted by molar-refractivity contribution is 0.148. The fourth-order valence-electron chi connectivity index (χ4n) is 2.43. The first kappa shape index (κ1) is 18.9. The Morgan fingerprint density at radius 1 is 1.14 bits per heavy atom. The fraction of sp³-hybridized carbons (Fsp3) is 1.00. The van der Waals surface area contributed by atoms with E-state index in [0.29, 0.717) is 6.54 Å². The molecule has 1 rings (SSSR count). The molecule has 0 amide bonds. The molecular weight excluding hydrogens is 312 g/mol. The van der Waals surface area contributed by atoms with E-state index in [1.165, 1.54) is 0 Å². The number of nitrogens with one attached hydrogen (secondary N) is 1. The zero-order chi connectivity index (χ0) is 16.1. The van der Waals surface area contributed by atoms with Crippen LogP contribution in [0.2, 0.25) is 0 Å². The van der Waals surface area contributed by atoms with E-state index >= 15 is 0 Å². The predicted molar refractivity (Wildman–Crippen MR) is 85.6 cm³/mol. The van der Waals surface area contributed by atoms with E-state index in [9.17, 15) is 16.8 Å². The lowest BCUT2D eigenvalue weighted by Gasteiger charge is -2.34. The molecule has 8 heteroatoms. The summed E-state index contributed by atoms with van der Waals surface area (Å²) in [6.45, 7) is 6.67. The third kappa shape index (κ3) is 8.13. The Morgan fingerprint density at radius 3 is 2.24 bits per heavy atom. The van der Waals surface area contributed by atoms with Crippen LogP contribution in [0.1, 0.15) is 33.1 Å². The SMILES string of the molecule is CC1CCN(C(C)CNS(=O)(=O)CCCS(C)(=O)=O)CC1. The van der Waals surface area contributed by atoms with Crippen molar-refractivity contribution in [2.24, 2.45) is 5.92 Å². The summed E-state index contributed by atoms with van der Waals surface area (Å²) >= 11 is 0. The van der Waals surface area contributed by atoms with Gasteiger partial charge in [0.1, 0.15) is 9.84 Å². The summed E-state index contributed by atoms with van der Waals surface area (Å²) < 4.78 is 48.2. The highest BCUT2D eigenvalue weighted by atomic mass is 32.2. The minimum absolute atomic E-state index is 0.0898. The molecule has 21 heavy (non-hydrogen) atoms. The van der Waals surface area contributed by atoms with Crippen LogP contribution in [0, 0.1) is 5.92 Å². The van der Waals surface area contributed by atoms with Gasteiger partial charge < -0.3 is 0 Å². The van der Waals surface area contributed by atoms with Crippen molar-refractivity contribution in [3.05, 3.63) is 0 Å². The van der Waals surface area contributed by atoms with Gasteiger partial charge in [-0.2, -0.15) is 0 Å². The maximum absolute atomic E-state index is 11.8. The number of sulfonamides is 1. The summed E-state index contributed by atoms with van der Waals surface area (Å²) in [6, 6.07) is 0.169. The van der Waals surface area contributed by atoms with Crippen LogP contribution in [-0.2, 0) is 19.9 Å². The van der Waals surface area contributed by atoms with Crippen molar-refractivity contribution in [1.29, 1.82) is 0 Å². The third-order valence-corrected chi connectivity index (χ3v) is 6.43. The normalized spacial score (nSPS) is 20.5. The molecule has 0 aromatic rings. The van der Waals surface area contributed by atoms with Gasteiger partial charge >= 0.3 is 0 Å². The standard InChI is InChI=1S/C13H28N2O4S2/c1-12-5-7-15(8-6-12)13(2)11-14-21(18,19)10-4-9-20(3,16)17/h12-14H,4-11H2,1-3H3. The molecule has 0 bridgehead atoms. The summed E-state index contributed by atoms with van der Waals surface area (Å²) in [4.78, 5) is 2.30. The van der Waals surface area contributed by atoms with Crippen LogP contribution in [0.15, 0.2) is 0 Å². The van der Waals surface area contributed by atoms with Crippen LogP contribution in [0.4, 0.5) is 0 Å². The van der Waals surface area contributed by atoms with Gasteiger partial charge in [-0.1, -0.05) is 6.92 Å². The third-order valence-electron chi connectivity index (χ3n) is 3.97. The quantitative estimate of drug-likeness (QED) is 0.694. The summed E-state index contributed by atoms with van der Waals surface area (Å²) in [7, 11) is -6.49. The number of piperidine rings is 1. The monoisotopic (exact) mass is 340 g/mol. The Labute approximate surface area is 129 Å². The first-order chi connectivity index (χ1) is 9.59. The van der Waals surface area contributed by atoms with Crippen molar-refractivity contribution >= 4 is 19.9 Å². The molecule has 0 aromatic carbocycles. The summed E-state index contributed by atoms with van der Waals surface area (Å²) in [6.07, 6.45) is 3.58. The minimum atomic E-state index is -3.39. The van der Waals surface area contributed by atoms with Crippen molar-refractivity contribution < 1.29 is 16.8 Å². The number of rotatable bonds is 8. The Hall–Kier alpha value is -0.180. The Morgan fingerprint density at radius 2 is 1.71 bits per heavy atom. The van der Waals surface area contributed by atoms with E-state index in [1.807, 2.05) is 6.92 Å². The number of hydrogen-bond donors (Lipinski definition) is 1. The summed E-state index contributed by atoms with van der Waals surface area (Å²) in [5.74, 6) is 0.526. The molecule has 1 saturated heterocycles. The second kappa shape index (κ2) is 7.89. The molecule has 1 fully saturated rings. The van der Waals surface area contributed by atoms with Gasteiger partial charge in [0.15, 0.2) is 0 Å². The maximum atomic E-state index is 11.8. The van der Waals surface area contributed by atoms with Crippen LogP contribution < -0.4 is 4.72 Å². The van der Waals surface area contributed by atoms with Gasteiger partial charge in [-0.3, -0.25) is 4.90 Å². The predicted octanol–water partition coefficient (Wildman–Crippen LogP) is 0.461. The van der Waals surface area contributed by atoms with E-state index in [0.717, 1.165) is 38.1 Å². The Balaban J connectivity index is 2.32. The van der Waals surface area contributed by atoms with Gasteiger partial charge in [0.25, 0.3) is 0 Å². The lowest BCUT2D eigenvalue weighted by atomic mass is 9.98. The van der Waals surface area contributed by atoms with Gasteiger partial charge in [0.05, 0.1) is 11.5 Å². The van der Waals surface area contributed by atoms with Crippen molar-refractivity contribution in [3.8, 4) is 0 Å². The van der Waals surface area contributed by atoms with Crippen LogP contribution >= 0.6 is 0 Å². The zero-order valence-corrected chi connectivity index (χ0v) is 14.8. The van der Waals surface area contributed by atoms with Crippen molar-refractivity contribution in [1.82, 2.24) is 9.62 Å². The molecule has 0 aromatic heterocycles. The van der Waals surface area contributed by atoms with E-state index in [4.69, 9.17) is 0 Å². The molecular formula is C13H28N2O4S2. The average Bonchev–Trinajstić information content (AvgIpc) is 2.35. The van der Waals surface area contributed by atoms with Gasteiger partial charge in [-0.15, -0.1) is 0 Å². The molecule has 1 N–H and O–H groups in total. The first-order valence-corrected chi connectivity index (χ1v) is 11.2. The molecule has 126 valence electrons. The average molecular weight is 341 g/mol. The van der Waals surface area contributed by atoms with E-state index in [2.05, 4.69) is 16.5 Å². The molecule has 6 nitrogen and oxygen atoms in total.